The van der Waals surface area contributed by atoms with E-state index in [-0.39, 0.29) is 5.41 Å². The zero-order valence-corrected chi connectivity index (χ0v) is 34.2. The molecule has 0 bridgehead atoms. The summed E-state index contributed by atoms with van der Waals surface area (Å²) in [6, 6.07) is 78.7. The van der Waals surface area contributed by atoms with Gasteiger partial charge in [0.25, 0.3) is 0 Å². The summed E-state index contributed by atoms with van der Waals surface area (Å²) in [6.07, 6.45) is 0. The molecule has 0 amide bonds. The maximum Gasteiger partial charge on any atom is 0.160 e. The van der Waals surface area contributed by atoms with Crippen LogP contribution < -0.4 is 0 Å². The second-order valence-corrected chi connectivity index (χ2v) is 16.6. The number of aromatic nitrogens is 2. The predicted octanol–water partition coefficient (Wildman–Crippen LogP) is 15.6. The molecule has 0 radical (unpaired) electrons. The van der Waals surface area contributed by atoms with Crippen LogP contribution in [0.2, 0.25) is 0 Å². The average Bonchev–Trinajstić information content (AvgIpc) is 3.56. The van der Waals surface area contributed by atoms with Crippen LogP contribution in [0.1, 0.15) is 25.0 Å². The average molecular weight is 779 g/mol. The van der Waals surface area contributed by atoms with Crippen LogP contribution in [0.5, 0.6) is 0 Å². The summed E-state index contributed by atoms with van der Waals surface area (Å²) in [6.45, 7) is 4.68. The van der Waals surface area contributed by atoms with Crippen molar-refractivity contribution < 1.29 is 0 Å². The minimum Gasteiger partial charge on any atom is -0.228 e. The molecule has 0 spiro atoms. The lowest BCUT2D eigenvalue weighted by Crippen LogP contribution is -2.14. The van der Waals surface area contributed by atoms with Crippen molar-refractivity contribution in [3.63, 3.8) is 0 Å². The fourth-order valence-corrected chi connectivity index (χ4v) is 9.36. The number of rotatable bonds is 7. The fraction of sp³-hybridized carbons (Fsp3) is 0.0508. The highest BCUT2D eigenvalue weighted by molar-refractivity contribution is 6.05. The zero-order chi connectivity index (χ0) is 40.9. The highest BCUT2D eigenvalue weighted by atomic mass is 14.9. The monoisotopic (exact) mass is 778 g/mol. The molecule has 1 heterocycles. The van der Waals surface area contributed by atoms with Crippen molar-refractivity contribution in [2.24, 2.45) is 0 Å². The Kier molecular flexibility index (Phi) is 8.86. The van der Waals surface area contributed by atoms with Crippen molar-refractivity contribution >= 4 is 10.8 Å². The molecule has 288 valence electrons. The van der Waals surface area contributed by atoms with Crippen LogP contribution in [-0.2, 0) is 5.41 Å². The van der Waals surface area contributed by atoms with Crippen LogP contribution in [0.3, 0.4) is 0 Å². The molecular formula is C59H42N2. The fourth-order valence-electron chi connectivity index (χ4n) is 9.36. The first-order valence-electron chi connectivity index (χ1n) is 21.1. The highest BCUT2D eigenvalue weighted by Gasteiger charge is 2.35. The molecule has 0 fully saturated rings. The van der Waals surface area contributed by atoms with Gasteiger partial charge in [-0.05, 0) is 114 Å². The molecule has 1 aliphatic carbocycles. The van der Waals surface area contributed by atoms with Crippen molar-refractivity contribution in [1.82, 2.24) is 9.97 Å². The maximum atomic E-state index is 5.28. The van der Waals surface area contributed by atoms with Gasteiger partial charge in [0, 0.05) is 22.1 Å². The molecule has 61 heavy (non-hydrogen) atoms. The van der Waals surface area contributed by atoms with Crippen LogP contribution in [0.25, 0.3) is 100 Å². The van der Waals surface area contributed by atoms with Gasteiger partial charge in [0.1, 0.15) is 0 Å². The highest BCUT2D eigenvalue weighted by Crippen LogP contribution is 2.50. The lowest BCUT2D eigenvalue weighted by Gasteiger charge is -2.21. The summed E-state index contributed by atoms with van der Waals surface area (Å²) < 4.78 is 0. The number of nitrogens with zero attached hydrogens (tertiary/aromatic N) is 2. The van der Waals surface area contributed by atoms with Crippen molar-refractivity contribution in [1.29, 1.82) is 0 Å². The summed E-state index contributed by atoms with van der Waals surface area (Å²) in [7, 11) is 0. The lowest BCUT2D eigenvalue weighted by atomic mass is 9.82. The first kappa shape index (κ1) is 36.4. The van der Waals surface area contributed by atoms with Gasteiger partial charge < -0.3 is 0 Å². The molecule has 9 aromatic carbocycles. The van der Waals surface area contributed by atoms with Crippen molar-refractivity contribution in [3.05, 3.63) is 230 Å². The molecule has 0 aliphatic heterocycles. The van der Waals surface area contributed by atoms with E-state index in [2.05, 4.69) is 214 Å². The van der Waals surface area contributed by atoms with Crippen molar-refractivity contribution in [2.45, 2.75) is 19.3 Å². The molecule has 11 rings (SSSR count). The lowest BCUT2D eigenvalue weighted by molar-refractivity contribution is 0.660. The van der Waals surface area contributed by atoms with E-state index in [4.69, 9.17) is 9.97 Å². The number of hydrogen-bond acceptors (Lipinski definition) is 2. The van der Waals surface area contributed by atoms with Gasteiger partial charge >= 0.3 is 0 Å². The Hall–Kier alpha value is -7.68. The molecule has 0 saturated heterocycles. The number of fused-ring (bicyclic) bond motifs is 4. The van der Waals surface area contributed by atoms with Gasteiger partial charge in [-0.2, -0.15) is 0 Å². The topological polar surface area (TPSA) is 25.8 Å². The van der Waals surface area contributed by atoms with E-state index in [9.17, 15) is 0 Å². The molecule has 1 aliphatic rings. The van der Waals surface area contributed by atoms with E-state index in [0.29, 0.717) is 5.82 Å². The van der Waals surface area contributed by atoms with Crippen molar-refractivity contribution in [2.75, 3.05) is 0 Å². The Morgan fingerprint density at radius 1 is 0.279 bits per heavy atom. The van der Waals surface area contributed by atoms with Gasteiger partial charge in [0.05, 0.1) is 11.4 Å². The summed E-state index contributed by atoms with van der Waals surface area (Å²) in [5.74, 6) is 0.701. The SMILES string of the molecule is CC1(C)c2ccccc2-c2cc(-c3cc(-c4ccccc4)cc(-c4ccc(-c5cc(-c6cccc(-c7ccccc7)c6)nc(-c6ccccc6)n5)c5ccccc45)c3)ccc21. The smallest absolute Gasteiger partial charge is 0.160 e. The molecular weight excluding hydrogens is 737 g/mol. The van der Waals surface area contributed by atoms with Gasteiger partial charge in [0.15, 0.2) is 5.82 Å². The second-order valence-electron chi connectivity index (χ2n) is 16.6. The summed E-state index contributed by atoms with van der Waals surface area (Å²) >= 11 is 0. The van der Waals surface area contributed by atoms with Crippen LogP contribution in [0.4, 0.5) is 0 Å². The second kappa shape index (κ2) is 14.9. The Balaban J connectivity index is 1.07. The predicted molar refractivity (Wildman–Crippen MR) is 255 cm³/mol. The minimum absolute atomic E-state index is 0.0410. The van der Waals surface area contributed by atoms with Gasteiger partial charge in [-0.25, -0.2) is 9.97 Å². The van der Waals surface area contributed by atoms with Crippen LogP contribution in [0.15, 0.2) is 218 Å². The van der Waals surface area contributed by atoms with Gasteiger partial charge in [-0.1, -0.05) is 196 Å². The normalized spacial score (nSPS) is 12.6. The minimum atomic E-state index is -0.0410. The van der Waals surface area contributed by atoms with E-state index in [1.807, 2.05) is 18.2 Å². The first-order chi connectivity index (χ1) is 30.0. The quantitative estimate of drug-likeness (QED) is 0.161. The third-order valence-electron chi connectivity index (χ3n) is 12.5. The molecule has 2 nitrogen and oxygen atoms in total. The number of hydrogen-bond donors (Lipinski definition) is 0. The van der Waals surface area contributed by atoms with Crippen LogP contribution in [0, 0.1) is 0 Å². The van der Waals surface area contributed by atoms with E-state index in [0.717, 1.165) is 39.0 Å². The largest absolute Gasteiger partial charge is 0.228 e. The van der Waals surface area contributed by atoms with Crippen molar-refractivity contribution in [3.8, 4) is 89.5 Å². The Labute approximate surface area is 357 Å². The third kappa shape index (κ3) is 6.54. The van der Waals surface area contributed by atoms with Crippen LogP contribution in [-0.4, -0.2) is 9.97 Å². The van der Waals surface area contributed by atoms with Crippen LogP contribution >= 0.6 is 0 Å². The first-order valence-corrected chi connectivity index (χ1v) is 21.1. The number of benzene rings is 9. The third-order valence-corrected chi connectivity index (χ3v) is 12.5. The van der Waals surface area contributed by atoms with E-state index in [1.54, 1.807) is 0 Å². The summed E-state index contributed by atoms with van der Waals surface area (Å²) in [4.78, 5) is 10.5. The van der Waals surface area contributed by atoms with Gasteiger partial charge in [-0.3, -0.25) is 0 Å². The molecule has 0 unspecified atom stereocenters. The molecule has 0 atom stereocenters. The van der Waals surface area contributed by atoms with Gasteiger partial charge in [0.2, 0.25) is 0 Å². The standard InChI is InChI=1S/C59H42N2/c1-59(2)54-28-15-14-27-51(54)53-37-43(29-32-55(53)59)46-34-45(40-19-8-4-9-20-40)35-47(36-46)48-30-31-52(50-26-13-12-25-49(48)50)57-38-56(60-58(61-57)41-21-10-5-11-22-41)44-24-16-23-42(33-44)39-17-6-3-7-18-39/h3-38H,1-2H3. The summed E-state index contributed by atoms with van der Waals surface area (Å²) in [5, 5.41) is 2.32. The van der Waals surface area contributed by atoms with Gasteiger partial charge in [-0.15, -0.1) is 0 Å². The maximum absolute atomic E-state index is 5.28. The molecule has 1 aromatic heterocycles. The molecule has 0 N–H and O–H groups in total. The molecule has 2 heteroatoms. The van der Waals surface area contributed by atoms with E-state index >= 15 is 0 Å². The Bertz CT molecular complexity index is 3260. The zero-order valence-electron chi connectivity index (χ0n) is 34.2. The van der Waals surface area contributed by atoms with E-state index < -0.39 is 0 Å². The molecule has 10 aromatic rings. The summed E-state index contributed by atoms with van der Waals surface area (Å²) in [5.41, 5.74) is 19.7. The van der Waals surface area contributed by atoms with E-state index in [1.165, 1.54) is 66.6 Å². The Morgan fingerprint density at radius 3 is 1.51 bits per heavy atom. The Morgan fingerprint density at radius 2 is 0.770 bits per heavy atom. The molecule has 0 saturated carbocycles.